The molecule has 0 bridgehead atoms. The highest BCUT2D eigenvalue weighted by molar-refractivity contribution is 6.04. The van der Waals surface area contributed by atoms with Crippen molar-refractivity contribution in [3.63, 3.8) is 0 Å². The van der Waals surface area contributed by atoms with Crippen molar-refractivity contribution in [2.75, 3.05) is 0 Å². The first kappa shape index (κ1) is 11.6. The van der Waals surface area contributed by atoms with Crippen molar-refractivity contribution in [1.29, 1.82) is 0 Å². The second kappa shape index (κ2) is 4.16. The molecular formula is C12H12FNO3. The van der Waals surface area contributed by atoms with Crippen LogP contribution in [0.4, 0.5) is 4.39 Å². The lowest BCUT2D eigenvalue weighted by Crippen LogP contribution is -2.36. The number of carbonyl (C=O) groups excluding carboxylic acids is 1. The molecule has 2 N–H and O–H groups in total. The summed E-state index contributed by atoms with van der Waals surface area (Å²) in [6.45, 7) is 0.216. The summed E-state index contributed by atoms with van der Waals surface area (Å²) in [4.78, 5) is 22.5. The standard InChI is InChI=1S/C12H12FNO3/c13-9-3-1-8(2-4-9)7-14-10(15)12(5-6-12)11(16)17/h1-4H,5-7H2,(H,14,15)(H,16,17). The van der Waals surface area contributed by atoms with E-state index in [1.54, 1.807) is 12.1 Å². The molecule has 5 heteroatoms. The first-order chi connectivity index (χ1) is 8.04. The quantitative estimate of drug-likeness (QED) is 0.776. The summed E-state index contributed by atoms with van der Waals surface area (Å²) in [5.41, 5.74) is -0.485. The van der Waals surface area contributed by atoms with E-state index >= 15 is 0 Å². The average Bonchev–Trinajstić information content (AvgIpc) is 3.09. The molecule has 90 valence electrons. The second-order valence-electron chi connectivity index (χ2n) is 4.20. The van der Waals surface area contributed by atoms with Crippen LogP contribution in [0.5, 0.6) is 0 Å². The van der Waals surface area contributed by atoms with Crippen LogP contribution in [0.3, 0.4) is 0 Å². The van der Waals surface area contributed by atoms with Gasteiger partial charge < -0.3 is 10.4 Å². The van der Waals surface area contributed by atoms with Crippen molar-refractivity contribution in [3.05, 3.63) is 35.6 Å². The number of rotatable bonds is 4. The van der Waals surface area contributed by atoms with E-state index in [9.17, 15) is 14.0 Å². The molecule has 1 aliphatic carbocycles. The van der Waals surface area contributed by atoms with E-state index in [1.807, 2.05) is 0 Å². The Hall–Kier alpha value is -1.91. The summed E-state index contributed by atoms with van der Waals surface area (Å²) in [5.74, 6) is -1.88. The highest BCUT2D eigenvalue weighted by atomic mass is 19.1. The molecule has 1 aliphatic rings. The predicted molar refractivity (Wildman–Crippen MR) is 57.5 cm³/mol. The largest absolute Gasteiger partial charge is 0.480 e. The Balaban J connectivity index is 1.93. The number of nitrogens with one attached hydrogen (secondary N) is 1. The Morgan fingerprint density at radius 3 is 2.35 bits per heavy atom. The molecule has 2 rings (SSSR count). The maximum absolute atomic E-state index is 12.6. The fraction of sp³-hybridized carbons (Fsp3) is 0.333. The SMILES string of the molecule is O=C(O)C1(C(=O)NCc2ccc(F)cc2)CC1. The van der Waals surface area contributed by atoms with Gasteiger partial charge in [0.05, 0.1) is 0 Å². The van der Waals surface area contributed by atoms with Crippen molar-refractivity contribution in [2.24, 2.45) is 5.41 Å². The Bertz CT molecular complexity index is 451. The Kier molecular flexibility index (Phi) is 2.83. The highest BCUT2D eigenvalue weighted by Crippen LogP contribution is 2.46. The molecule has 0 heterocycles. The number of carboxylic acid groups (broad SMARTS) is 1. The van der Waals surface area contributed by atoms with Crippen LogP contribution < -0.4 is 5.32 Å². The zero-order valence-electron chi connectivity index (χ0n) is 9.07. The summed E-state index contributed by atoms with van der Waals surface area (Å²) in [6.07, 6.45) is 0.773. The molecule has 4 nitrogen and oxygen atoms in total. The van der Waals surface area contributed by atoms with Gasteiger partial charge >= 0.3 is 5.97 Å². The van der Waals surface area contributed by atoms with Gasteiger partial charge in [-0.3, -0.25) is 9.59 Å². The van der Waals surface area contributed by atoms with E-state index in [0.29, 0.717) is 12.8 Å². The van der Waals surface area contributed by atoms with Crippen LogP contribution in [0, 0.1) is 11.2 Å². The van der Waals surface area contributed by atoms with Crippen molar-refractivity contribution < 1.29 is 19.1 Å². The first-order valence-electron chi connectivity index (χ1n) is 5.31. The summed E-state index contributed by atoms with van der Waals surface area (Å²) < 4.78 is 12.6. The van der Waals surface area contributed by atoms with Crippen LogP contribution in [0.1, 0.15) is 18.4 Å². The average molecular weight is 237 g/mol. The minimum atomic E-state index is -1.22. The monoisotopic (exact) mass is 237 g/mol. The third-order valence-electron chi connectivity index (χ3n) is 2.96. The van der Waals surface area contributed by atoms with Crippen LogP contribution in [-0.2, 0) is 16.1 Å². The van der Waals surface area contributed by atoms with Crippen molar-refractivity contribution in [2.45, 2.75) is 19.4 Å². The Morgan fingerprint density at radius 2 is 1.88 bits per heavy atom. The van der Waals surface area contributed by atoms with E-state index in [2.05, 4.69) is 5.32 Å². The molecule has 0 radical (unpaired) electrons. The highest BCUT2D eigenvalue weighted by Gasteiger charge is 2.56. The lowest BCUT2D eigenvalue weighted by Gasteiger charge is -2.10. The number of amides is 1. The maximum atomic E-state index is 12.6. The smallest absolute Gasteiger partial charge is 0.319 e. The number of hydrogen-bond acceptors (Lipinski definition) is 2. The number of carboxylic acids is 1. The number of hydrogen-bond donors (Lipinski definition) is 2. The lowest BCUT2D eigenvalue weighted by atomic mass is 10.1. The molecule has 1 aromatic carbocycles. The van der Waals surface area contributed by atoms with Gasteiger partial charge in [0.2, 0.25) is 5.91 Å². The molecule has 17 heavy (non-hydrogen) atoms. The lowest BCUT2D eigenvalue weighted by molar-refractivity contribution is -0.149. The van der Waals surface area contributed by atoms with E-state index in [1.165, 1.54) is 12.1 Å². The summed E-state index contributed by atoms with van der Waals surface area (Å²) in [6, 6.07) is 5.70. The number of halogens is 1. The summed E-state index contributed by atoms with van der Waals surface area (Å²) >= 11 is 0. The molecular weight excluding hydrogens is 225 g/mol. The number of aliphatic carboxylic acids is 1. The molecule has 0 unspecified atom stereocenters. The second-order valence-corrected chi connectivity index (χ2v) is 4.20. The van der Waals surface area contributed by atoms with Gasteiger partial charge in [0.1, 0.15) is 11.2 Å². The van der Waals surface area contributed by atoms with E-state index in [0.717, 1.165) is 5.56 Å². The van der Waals surface area contributed by atoms with Gasteiger partial charge in [0.25, 0.3) is 0 Å². The van der Waals surface area contributed by atoms with Crippen LogP contribution in [-0.4, -0.2) is 17.0 Å². The van der Waals surface area contributed by atoms with Crippen LogP contribution >= 0.6 is 0 Å². The Labute approximate surface area is 97.4 Å². The van der Waals surface area contributed by atoms with Crippen molar-refractivity contribution >= 4 is 11.9 Å². The molecule has 0 spiro atoms. The normalized spacial score (nSPS) is 16.3. The fourth-order valence-corrected chi connectivity index (χ4v) is 1.62. The summed E-state index contributed by atoms with van der Waals surface area (Å²) in [5, 5.41) is 11.5. The molecule has 1 aromatic rings. The van der Waals surface area contributed by atoms with E-state index in [-0.39, 0.29) is 12.4 Å². The third-order valence-corrected chi connectivity index (χ3v) is 2.96. The van der Waals surface area contributed by atoms with Gasteiger partial charge in [-0.05, 0) is 30.5 Å². The van der Waals surface area contributed by atoms with Gasteiger partial charge in [-0.2, -0.15) is 0 Å². The van der Waals surface area contributed by atoms with Gasteiger partial charge in [0.15, 0.2) is 0 Å². The predicted octanol–water partition coefficient (Wildman–Crippen LogP) is 1.31. The van der Waals surface area contributed by atoms with E-state index < -0.39 is 17.3 Å². The van der Waals surface area contributed by atoms with Gasteiger partial charge in [0, 0.05) is 6.54 Å². The molecule has 0 aliphatic heterocycles. The van der Waals surface area contributed by atoms with Gasteiger partial charge in [-0.15, -0.1) is 0 Å². The molecule has 1 fully saturated rings. The van der Waals surface area contributed by atoms with Gasteiger partial charge in [-0.25, -0.2) is 4.39 Å². The van der Waals surface area contributed by atoms with Crippen molar-refractivity contribution in [1.82, 2.24) is 5.32 Å². The fourth-order valence-electron chi connectivity index (χ4n) is 1.62. The van der Waals surface area contributed by atoms with Crippen molar-refractivity contribution in [3.8, 4) is 0 Å². The zero-order valence-corrected chi connectivity index (χ0v) is 9.07. The molecule has 0 aromatic heterocycles. The first-order valence-corrected chi connectivity index (χ1v) is 5.31. The molecule has 0 atom stereocenters. The topological polar surface area (TPSA) is 66.4 Å². The van der Waals surface area contributed by atoms with Crippen LogP contribution in [0.25, 0.3) is 0 Å². The Morgan fingerprint density at radius 1 is 1.29 bits per heavy atom. The minimum absolute atomic E-state index is 0.216. The molecule has 1 saturated carbocycles. The molecule has 0 saturated heterocycles. The minimum Gasteiger partial charge on any atom is -0.480 e. The zero-order chi connectivity index (χ0) is 12.5. The molecule has 1 amide bonds. The van der Waals surface area contributed by atoms with E-state index in [4.69, 9.17) is 5.11 Å². The third kappa shape index (κ3) is 2.27. The number of benzene rings is 1. The maximum Gasteiger partial charge on any atom is 0.319 e. The summed E-state index contributed by atoms with van der Waals surface area (Å²) in [7, 11) is 0. The van der Waals surface area contributed by atoms with Gasteiger partial charge in [-0.1, -0.05) is 12.1 Å². The number of carbonyl (C=O) groups is 2. The van der Waals surface area contributed by atoms with Crippen LogP contribution in [0.2, 0.25) is 0 Å². The van der Waals surface area contributed by atoms with Crippen LogP contribution in [0.15, 0.2) is 24.3 Å².